The van der Waals surface area contributed by atoms with Gasteiger partial charge < -0.3 is 14.2 Å². The predicted molar refractivity (Wildman–Crippen MR) is 344 cm³/mol. The SMILES string of the molecule is CCCCC/C=C\C/C=C\C/C=C\C/C=C\C/C=C\CCC(=O)OC[C@H](COC(=O)CCCCCCCCCCCCC/C=C\CCCCCCCC)OC(=O)CCCCCCCCCCCCCCCCCCCCCCC. The number of carbonyl (C=O) groups excluding carboxylic acids is 3. The molecule has 0 heterocycles. The molecule has 0 amide bonds. The quantitative estimate of drug-likeness (QED) is 0.0261. The lowest BCUT2D eigenvalue weighted by Gasteiger charge is -2.18. The number of allylic oxidation sites excluding steroid dienone is 12. The number of unbranched alkanes of at least 4 members (excludes halogenated alkanes) is 40. The van der Waals surface area contributed by atoms with Crippen molar-refractivity contribution < 1.29 is 28.6 Å². The molecule has 0 aromatic heterocycles. The zero-order chi connectivity index (χ0) is 57.1. The average Bonchev–Trinajstić information content (AvgIpc) is 3.45. The van der Waals surface area contributed by atoms with Crippen molar-refractivity contribution in [1.82, 2.24) is 0 Å². The van der Waals surface area contributed by atoms with E-state index in [1.54, 1.807) is 0 Å². The minimum Gasteiger partial charge on any atom is -0.462 e. The molecule has 458 valence electrons. The van der Waals surface area contributed by atoms with Crippen LogP contribution in [0, 0.1) is 0 Å². The van der Waals surface area contributed by atoms with Crippen molar-refractivity contribution in [2.45, 2.75) is 361 Å². The molecule has 1 atom stereocenters. The van der Waals surface area contributed by atoms with Crippen LogP contribution in [0.3, 0.4) is 0 Å². The Bertz CT molecular complexity index is 1450. The molecule has 0 rings (SSSR count). The maximum atomic E-state index is 12.9. The summed E-state index contributed by atoms with van der Waals surface area (Å²) in [4.78, 5) is 38.4. The third-order valence-corrected chi connectivity index (χ3v) is 15.2. The number of rotatable bonds is 63. The summed E-state index contributed by atoms with van der Waals surface area (Å²) in [5, 5.41) is 0. The van der Waals surface area contributed by atoms with E-state index in [9.17, 15) is 14.4 Å². The van der Waals surface area contributed by atoms with E-state index in [1.807, 2.05) is 6.08 Å². The summed E-state index contributed by atoms with van der Waals surface area (Å²) in [5.74, 6) is -0.961. The monoisotopic (exact) mass is 1100 g/mol. The lowest BCUT2D eigenvalue weighted by atomic mass is 10.0. The Morgan fingerprint density at radius 2 is 0.481 bits per heavy atom. The van der Waals surface area contributed by atoms with Gasteiger partial charge in [-0.05, 0) is 83.5 Å². The number of hydrogen-bond donors (Lipinski definition) is 0. The molecule has 0 aliphatic rings. The molecule has 0 aliphatic carbocycles. The molecular formula is C73H130O6. The highest BCUT2D eigenvalue weighted by molar-refractivity contribution is 5.71. The summed E-state index contributed by atoms with van der Waals surface area (Å²) in [6.45, 7) is 6.60. The molecule has 0 aromatic rings. The molecule has 6 heteroatoms. The molecule has 0 saturated heterocycles. The van der Waals surface area contributed by atoms with Crippen molar-refractivity contribution in [2.75, 3.05) is 13.2 Å². The van der Waals surface area contributed by atoms with E-state index in [-0.39, 0.29) is 37.5 Å². The van der Waals surface area contributed by atoms with Crippen molar-refractivity contribution >= 4 is 17.9 Å². The first-order valence-corrected chi connectivity index (χ1v) is 34.4. The lowest BCUT2D eigenvalue weighted by molar-refractivity contribution is -0.166. The maximum Gasteiger partial charge on any atom is 0.306 e. The fourth-order valence-electron chi connectivity index (χ4n) is 10.0. The Hall–Kier alpha value is -3.15. The van der Waals surface area contributed by atoms with Crippen molar-refractivity contribution in [3.63, 3.8) is 0 Å². The number of ether oxygens (including phenoxy) is 3. The van der Waals surface area contributed by atoms with Crippen LogP contribution in [-0.4, -0.2) is 37.2 Å². The van der Waals surface area contributed by atoms with E-state index in [0.717, 1.165) is 64.2 Å². The summed E-state index contributed by atoms with van der Waals surface area (Å²) < 4.78 is 16.9. The highest BCUT2D eigenvalue weighted by Gasteiger charge is 2.19. The molecule has 0 bridgehead atoms. The van der Waals surface area contributed by atoms with Crippen molar-refractivity contribution in [3.05, 3.63) is 72.9 Å². The molecular weight excluding hydrogens is 973 g/mol. The van der Waals surface area contributed by atoms with Gasteiger partial charge in [0.15, 0.2) is 6.10 Å². The standard InChI is InChI=1S/C73H130O6/c1-4-7-10-13-16-19-22-25-28-31-34-36-39-42-45-48-51-54-57-60-63-66-72(75)78-69-70(68-77-71(74)65-62-59-56-53-50-47-44-41-38-33-30-27-24-21-18-15-12-9-6-3)79-73(76)67-64-61-58-55-52-49-46-43-40-37-35-32-29-26-23-20-17-14-11-8-5-2/h18,21,25,27-28,30,38,41,47,50,56,59,70H,4-17,19-20,22-24,26,29,31-37,39-40,42-46,48-49,51-55,57-58,60-69H2,1-3H3/b21-18-,28-25-,30-27-,41-38-,50-47-,59-56-/t70-/m1/s1. The first-order chi connectivity index (χ1) is 39.0. The Balaban J connectivity index is 4.42. The highest BCUT2D eigenvalue weighted by atomic mass is 16.6. The van der Waals surface area contributed by atoms with Gasteiger partial charge in [0.05, 0.1) is 0 Å². The zero-order valence-electron chi connectivity index (χ0n) is 52.6. The van der Waals surface area contributed by atoms with Crippen molar-refractivity contribution in [2.24, 2.45) is 0 Å². The molecule has 0 fully saturated rings. The van der Waals surface area contributed by atoms with Gasteiger partial charge in [-0.15, -0.1) is 0 Å². The van der Waals surface area contributed by atoms with Crippen LogP contribution < -0.4 is 0 Å². The summed E-state index contributed by atoms with van der Waals surface area (Å²) in [6.07, 6.45) is 87.9. The second-order valence-electron chi connectivity index (χ2n) is 23.1. The molecule has 0 aromatic carbocycles. The fraction of sp³-hybridized carbons (Fsp3) is 0.795. The second kappa shape index (κ2) is 67.4. The molecule has 0 N–H and O–H groups in total. The topological polar surface area (TPSA) is 78.9 Å². The number of hydrogen-bond acceptors (Lipinski definition) is 6. The van der Waals surface area contributed by atoms with Crippen LogP contribution in [0.5, 0.6) is 0 Å². The minimum atomic E-state index is -0.806. The van der Waals surface area contributed by atoms with Gasteiger partial charge in [0.2, 0.25) is 0 Å². The third-order valence-electron chi connectivity index (χ3n) is 15.2. The van der Waals surface area contributed by atoms with Gasteiger partial charge in [0, 0.05) is 19.3 Å². The van der Waals surface area contributed by atoms with Crippen molar-refractivity contribution in [3.8, 4) is 0 Å². The molecule has 6 nitrogen and oxygen atoms in total. The largest absolute Gasteiger partial charge is 0.462 e. The molecule has 0 spiro atoms. The lowest BCUT2D eigenvalue weighted by Crippen LogP contribution is -2.30. The van der Waals surface area contributed by atoms with Crippen LogP contribution in [0.4, 0.5) is 0 Å². The van der Waals surface area contributed by atoms with E-state index < -0.39 is 6.10 Å². The van der Waals surface area contributed by atoms with Gasteiger partial charge in [0.1, 0.15) is 13.2 Å². The van der Waals surface area contributed by atoms with Gasteiger partial charge >= 0.3 is 17.9 Å². The van der Waals surface area contributed by atoms with Crippen LogP contribution in [0.25, 0.3) is 0 Å². The predicted octanol–water partition coefficient (Wildman–Crippen LogP) is 23.7. The number of esters is 3. The summed E-state index contributed by atoms with van der Waals surface area (Å²) >= 11 is 0. The van der Waals surface area contributed by atoms with Crippen LogP contribution in [0.2, 0.25) is 0 Å². The molecule has 0 aliphatic heterocycles. The molecule has 0 unspecified atom stereocenters. The molecule has 79 heavy (non-hydrogen) atoms. The van der Waals surface area contributed by atoms with E-state index >= 15 is 0 Å². The summed E-state index contributed by atoms with van der Waals surface area (Å²) in [6, 6.07) is 0. The Morgan fingerprint density at radius 1 is 0.253 bits per heavy atom. The zero-order valence-corrected chi connectivity index (χ0v) is 52.6. The maximum absolute atomic E-state index is 12.9. The molecule has 0 radical (unpaired) electrons. The van der Waals surface area contributed by atoms with E-state index in [2.05, 4.69) is 87.6 Å². The Kier molecular flexibility index (Phi) is 64.7. The Morgan fingerprint density at radius 3 is 0.823 bits per heavy atom. The third kappa shape index (κ3) is 65.5. The summed E-state index contributed by atoms with van der Waals surface area (Å²) in [5.41, 5.74) is 0. The van der Waals surface area contributed by atoms with Gasteiger partial charge in [-0.2, -0.15) is 0 Å². The normalized spacial score (nSPS) is 12.5. The highest BCUT2D eigenvalue weighted by Crippen LogP contribution is 2.18. The Labute approximate surface area is 491 Å². The minimum absolute atomic E-state index is 0.0951. The van der Waals surface area contributed by atoms with E-state index in [0.29, 0.717) is 19.3 Å². The van der Waals surface area contributed by atoms with E-state index in [1.165, 1.54) is 244 Å². The van der Waals surface area contributed by atoms with Gasteiger partial charge in [0.25, 0.3) is 0 Å². The molecule has 0 saturated carbocycles. The van der Waals surface area contributed by atoms with Crippen LogP contribution >= 0.6 is 0 Å². The van der Waals surface area contributed by atoms with Crippen LogP contribution in [-0.2, 0) is 28.6 Å². The fourth-order valence-corrected chi connectivity index (χ4v) is 10.0. The van der Waals surface area contributed by atoms with Gasteiger partial charge in [-0.3, -0.25) is 14.4 Å². The first kappa shape index (κ1) is 75.8. The summed E-state index contributed by atoms with van der Waals surface area (Å²) in [7, 11) is 0. The number of carbonyl (C=O) groups is 3. The van der Waals surface area contributed by atoms with Gasteiger partial charge in [-0.1, -0.05) is 325 Å². The smallest absolute Gasteiger partial charge is 0.306 e. The first-order valence-electron chi connectivity index (χ1n) is 34.4. The van der Waals surface area contributed by atoms with E-state index in [4.69, 9.17) is 14.2 Å². The van der Waals surface area contributed by atoms with Crippen LogP contribution in [0.1, 0.15) is 355 Å². The second-order valence-corrected chi connectivity index (χ2v) is 23.1. The van der Waals surface area contributed by atoms with Crippen molar-refractivity contribution in [1.29, 1.82) is 0 Å². The van der Waals surface area contributed by atoms with Crippen LogP contribution in [0.15, 0.2) is 72.9 Å². The van der Waals surface area contributed by atoms with Gasteiger partial charge in [-0.25, -0.2) is 0 Å². The average molecular weight is 1100 g/mol.